The van der Waals surface area contributed by atoms with Crippen LogP contribution in [0.25, 0.3) is 0 Å². The van der Waals surface area contributed by atoms with Gasteiger partial charge in [0.05, 0.1) is 23.9 Å². The van der Waals surface area contributed by atoms with Gasteiger partial charge in [0.25, 0.3) is 0 Å². The first-order valence-electron chi connectivity index (χ1n) is 14.1. The van der Waals surface area contributed by atoms with Gasteiger partial charge in [-0.05, 0) is 36.1 Å². The van der Waals surface area contributed by atoms with E-state index >= 15 is 0 Å². The molecular weight excluding hydrogens is 726 g/mol. The minimum atomic E-state index is -1.50. The number of rotatable bonds is 16. The number of hydrogen-bond donors (Lipinski definition) is 0. The number of carbonyl (C=O) groups is 4. The Morgan fingerprint density at radius 1 is 0.525 bits per heavy atom. The summed E-state index contributed by atoms with van der Waals surface area (Å²) in [6, 6.07) is 0. The van der Waals surface area contributed by atoms with Crippen molar-refractivity contribution >= 4 is 66.2 Å². The molecule has 0 aliphatic heterocycles. The van der Waals surface area contributed by atoms with E-state index in [9.17, 15) is 39.6 Å². The maximum Gasteiger partial charge on any atom is 0.0675 e. The maximum absolute atomic E-state index is 10.2. The van der Waals surface area contributed by atoms with Crippen molar-refractivity contribution in [2.45, 2.75) is 113 Å². The molecule has 0 N–H and O–H groups in total. The molecule has 0 fully saturated rings. The van der Waals surface area contributed by atoms with Crippen LogP contribution in [0.5, 0.6) is 0 Å². The van der Waals surface area contributed by atoms with Crippen LogP contribution < -0.4 is 20.4 Å². The van der Waals surface area contributed by atoms with Crippen molar-refractivity contribution in [3.63, 3.8) is 0 Å². The summed E-state index contributed by atoms with van der Waals surface area (Å²) in [7, 11) is 0. The van der Waals surface area contributed by atoms with Crippen LogP contribution in [0.15, 0.2) is 23.3 Å². The minimum Gasteiger partial charge on any atom is -0.545 e. The fourth-order valence-corrected chi connectivity index (χ4v) is 10.2. The standard InChI is InChI=1S/2C7H10O4.4C4H9.2Sn/c2*1-2-3-5(7(10)11)4-6(8)9;4*1-4(2)3;;/h2*4H,2-3H2,1H3,(H,8,9)(H,10,11);4*4H,1H2,2-3H3;;/q;;;;;;2*+2/p-4/b2*5-4-;;;;;;. The molecule has 228 valence electrons. The Bertz CT molecular complexity index is 664. The van der Waals surface area contributed by atoms with Crippen molar-refractivity contribution in [3.05, 3.63) is 23.3 Å². The van der Waals surface area contributed by atoms with Crippen LogP contribution in [0.4, 0.5) is 0 Å². The van der Waals surface area contributed by atoms with Crippen LogP contribution in [-0.4, -0.2) is 66.2 Å². The van der Waals surface area contributed by atoms with Crippen LogP contribution in [0.3, 0.4) is 0 Å². The number of carbonyl (C=O) groups excluding carboxylic acids is 4. The second-order valence-corrected chi connectivity index (χ2v) is 18.5. The number of aliphatic carboxylic acids is 4. The topological polar surface area (TPSA) is 161 Å². The minimum absolute atomic E-state index is 0.0709. The second kappa shape index (κ2) is 30.9. The molecule has 0 spiro atoms. The van der Waals surface area contributed by atoms with E-state index in [0.717, 1.165) is 23.7 Å². The summed E-state index contributed by atoms with van der Waals surface area (Å²) in [6.07, 6.45) is 2.62. The van der Waals surface area contributed by atoms with Crippen LogP contribution >= 0.6 is 0 Å². The fourth-order valence-electron chi connectivity index (χ4n) is 2.61. The van der Waals surface area contributed by atoms with Gasteiger partial charge in [0.2, 0.25) is 0 Å². The molecule has 0 aromatic rings. The van der Waals surface area contributed by atoms with Crippen molar-refractivity contribution in [1.82, 2.24) is 0 Å². The molecule has 0 unspecified atom stereocenters. The van der Waals surface area contributed by atoms with Crippen molar-refractivity contribution in [1.29, 1.82) is 0 Å². The average molecular weight is 778 g/mol. The number of carboxylic acid groups (broad SMARTS) is 4. The van der Waals surface area contributed by atoms with Crippen LogP contribution in [-0.2, 0) is 19.2 Å². The van der Waals surface area contributed by atoms with Crippen LogP contribution in [0.1, 0.15) is 94.9 Å². The molecule has 0 heterocycles. The Morgan fingerprint density at radius 3 is 0.875 bits per heavy atom. The molecule has 0 radical (unpaired) electrons. The Balaban J connectivity index is -0.000000217. The van der Waals surface area contributed by atoms with E-state index in [2.05, 4.69) is 55.4 Å². The van der Waals surface area contributed by atoms with Gasteiger partial charge in [-0.2, -0.15) is 0 Å². The summed E-state index contributed by atoms with van der Waals surface area (Å²) in [6.45, 7) is 22.2. The zero-order chi connectivity index (χ0) is 32.3. The molecule has 0 bridgehead atoms. The summed E-state index contributed by atoms with van der Waals surface area (Å²) in [5.41, 5.74) is -0.458. The van der Waals surface area contributed by atoms with Gasteiger partial charge in [0.15, 0.2) is 0 Å². The maximum atomic E-state index is 10.2. The van der Waals surface area contributed by atoms with Crippen molar-refractivity contribution in [3.8, 4) is 0 Å². The Labute approximate surface area is 263 Å². The van der Waals surface area contributed by atoms with Gasteiger partial charge in [0, 0.05) is 0 Å². The van der Waals surface area contributed by atoms with E-state index in [1.54, 1.807) is 31.6 Å². The summed E-state index contributed by atoms with van der Waals surface area (Å²) in [5, 5.41) is 40.1. The van der Waals surface area contributed by atoms with E-state index < -0.39 is 23.9 Å². The van der Waals surface area contributed by atoms with Gasteiger partial charge in [-0.15, -0.1) is 0 Å². The third-order valence-corrected chi connectivity index (χ3v) is 17.0. The molecule has 0 amide bonds. The zero-order valence-electron chi connectivity index (χ0n) is 26.4. The smallest absolute Gasteiger partial charge is 0.0675 e. The van der Waals surface area contributed by atoms with E-state index in [-0.39, 0.29) is 66.3 Å². The first kappa shape index (κ1) is 45.9. The molecule has 0 saturated carbocycles. The molecule has 0 aliphatic carbocycles. The molecule has 0 saturated heterocycles. The number of hydrogen-bond acceptors (Lipinski definition) is 8. The molecule has 8 nitrogen and oxygen atoms in total. The normalized spacial score (nSPS) is 10.8. The summed E-state index contributed by atoms with van der Waals surface area (Å²) in [5.74, 6) is -2.03. The second-order valence-electron chi connectivity index (χ2n) is 10.9. The van der Waals surface area contributed by atoms with Crippen LogP contribution in [0.2, 0.25) is 17.7 Å². The quantitative estimate of drug-likeness (QED) is 0.170. The molecule has 0 aliphatic rings. The first-order chi connectivity index (χ1) is 18.4. The van der Waals surface area contributed by atoms with Gasteiger partial charge in [-0.3, -0.25) is 0 Å². The average Bonchev–Trinajstić information content (AvgIpc) is 2.78. The van der Waals surface area contributed by atoms with Gasteiger partial charge < -0.3 is 39.6 Å². The third kappa shape index (κ3) is 44.0. The molecule has 0 aromatic heterocycles. The van der Waals surface area contributed by atoms with E-state index in [4.69, 9.17) is 0 Å². The summed E-state index contributed by atoms with van der Waals surface area (Å²) < 4.78 is 6.28. The van der Waals surface area contributed by atoms with E-state index in [0.29, 0.717) is 25.0 Å². The number of carboxylic acids is 4. The molecule has 0 atom stereocenters. The summed E-state index contributed by atoms with van der Waals surface area (Å²) >= 11 is 0.142. The van der Waals surface area contributed by atoms with Crippen molar-refractivity contribution < 1.29 is 39.6 Å². The zero-order valence-corrected chi connectivity index (χ0v) is 32.1. The monoisotopic (exact) mass is 780 g/mol. The molecule has 0 aromatic carbocycles. The Kier molecular flexibility index (Phi) is 35.5. The molecule has 0 rings (SSSR count). The Hall–Kier alpha value is -1.04. The predicted octanol–water partition coefficient (Wildman–Crippen LogP) is 2.10. The van der Waals surface area contributed by atoms with Crippen molar-refractivity contribution in [2.75, 3.05) is 0 Å². The summed E-state index contributed by atoms with van der Waals surface area (Å²) in [4.78, 5) is 40.1. The largest absolute Gasteiger partial charge is 0.545 e. The third-order valence-electron chi connectivity index (χ3n) is 4.36. The van der Waals surface area contributed by atoms with Crippen LogP contribution in [0, 0.1) is 23.7 Å². The molecule has 10 heteroatoms. The van der Waals surface area contributed by atoms with Gasteiger partial charge >= 0.3 is 139 Å². The SMILES string of the molecule is CC(C)[CH2][Sn+2][CH2]C(C)C.CC(C)[CH2][Sn+2][CH2]C(C)C.CCC/C(=C/C(=O)[O-])C(=O)[O-].CCC/C(=C/C(=O)[O-])C(=O)[O-]. The van der Waals surface area contributed by atoms with Crippen molar-refractivity contribution in [2.24, 2.45) is 23.7 Å². The van der Waals surface area contributed by atoms with Gasteiger partial charge in [0.1, 0.15) is 0 Å². The van der Waals surface area contributed by atoms with E-state index in [1.165, 1.54) is 0 Å². The fraction of sp³-hybridized carbons (Fsp3) is 0.733. The Morgan fingerprint density at radius 2 is 0.750 bits per heavy atom. The predicted molar refractivity (Wildman–Crippen MR) is 156 cm³/mol. The van der Waals surface area contributed by atoms with E-state index in [1.807, 2.05) is 0 Å². The first-order valence-corrected chi connectivity index (χ1v) is 22.1. The van der Waals surface area contributed by atoms with Gasteiger partial charge in [-0.25, -0.2) is 0 Å². The molecular formula is C30H52O8Sn2. The van der Waals surface area contributed by atoms with Gasteiger partial charge in [-0.1, -0.05) is 26.7 Å². The molecule has 40 heavy (non-hydrogen) atoms.